The molecule has 0 aromatic carbocycles. The zero-order chi connectivity index (χ0) is 6.69. The van der Waals surface area contributed by atoms with Gasteiger partial charge in [-0.3, -0.25) is 0 Å². The zero-order valence-corrected chi connectivity index (χ0v) is 6.37. The van der Waals surface area contributed by atoms with Crippen molar-refractivity contribution in [2.24, 2.45) is 0 Å². The number of hydrogen-bond acceptors (Lipinski definition) is 1. The second-order valence-corrected chi connectivity index (χ2v) is 2.66. The Morgan fingerprint density at radius 2 is 2.33 bits per heavy atom. The van der Waals surface area contributed by atoms with E-state index in [4.69, 9.17) is 12.2 Å². The lowest BCUT2D eigenvalue weighted by Gasteiger charge is -2.02. The summed E-state index contributed by atoms with van der Waals surface area (Å²) in [5, 5.41) is 0. The fraction of sp³-hybridized carbons (Fsp3) is 0.375. The molecule has 1 aliphatic rings. The van der Waals surface area contributed by atoms with Gasteiger partial charge in [-0.1, -0.05) is 36.9 Å². The van der Waals surface area contributed by atoms with Gasteiger partial charge in [0.15, 0.2) is 0 Å². The van der Waals surface area contributed by atoms with Crippen LogP contribution >= 0.6 is 12.2 Å². The molecule has 0 nitrogen and oxygen atoms in total. The van der Waals surface area contributed by atoms with E-state index in [-0.39, 0.29) is 0 Å². The minimum atomic E-state index is 0.967. The van der Waals surface area contributed by atoms with Crippen molar-refractivity contribution >= 4 is 17.1 Å². The summed E-state index contributed by atoms with van der Waals surface area (Å²) in [6.45, 7) is 2.16. The van der Waals surface area contributed by atoms with Crippen LogP contribution in [0.3, 0.4) is 0 Å². The van der Waals surface area contributed by atoms with E-state index < -0.39 is 0 Å². The second-order valence-electron chi connectivity index (χ2n) is 2.14. The van der Waals surface area contributed by atoms with Crippen LogP contribution in [-0.4, -0.2) is 4.86 Å². The lowest BCUT2D eigenvalue weighted by molar-refractivity contribution is 1.13. The molecule has 0 amide bonds. The van der Waals surface area contributed by atoms with Gasteiger partial charge in [-0.05, 0) is 12.5 Å². The SMILES string of the molecule is CCC1=CCC(=S)C=C1. The molecule has 0 aromatic rings. The molecule has 0 saturated heterocycles. The average molecular weight is 138 g/mol. The Labute approximate surface area is 61.3 Å². The molecule has 1 heteroatoms. The number of allylic oxidation sites excluding steroid dienone is 4. The molecule has 0 bridgehead atoms. The van der Waals surface area contributed by atoms with Crippen molar-refractivity contribution in [2.75, 3.05) is 0 Å². The standard InChI is InChI=1S/C8H10S/c1-2-7-3-5-8(9)6-4-7/h3-5H,2,6H2,1H3. The van der Waals surface area contributed by atoms with Crippen LogP contribution in [0.25, 0.3) is 0 Å². The molecule has 0 N–H and O–H groups in total. The zero-order valence-electron chi connectivity index (χ0n) is 5.55. The summed E-state index contributed by atoms with van der Waals surface area (Å²) in [5.41, 5.74) is 1.41. The molecule has 9 heavy (non-hydrogen) atoms. The van der Waals surface area contributed by atoms with Crippen LogP contribution in [0.1, 0.15) is 19.8 Å². The highest BCUT2D eigenvalue weighted by atomic mass is 32.1. The van der Waals surface area contributed by atoms with E-state index in [9.17, 15) is 0 Å². The van der Waals surface area contributed by atoms with Crippen molar-refractivity contribution in [1.29, 1.82) is 0 Å². The van der Waals surface area contributed by atoms with Gasteiger partial charge in [-0.25, -0.2) is 0 Å². The van der Waals surface area contributed by atoms with E-state index in [1.54, 1.807) is 0 Å². The third-order valence-corrected chi connectivity index (χ3v) is 1.76. The predicted molar refractivity (Wildman–Crippen MR) is 44.7 cm³/mol. The van der Waals surface area contributed by atoms with Crippen molar-refractivity contribution in [2.45, 2.75) is 19.8 Å². The molecular weight excluding hydrogens is 128 g/mol. The number of hydrogen-bond donors (Lipinski definition) is 0. The summed E-state index contributed by atoms with van der Waals surface area (Å²) in [7, 11) is 0. The quantitative estimate of drug-likeness (QED) is 0.502. The van der Waals surface area contributed by atoms with Gasteiger partial charge >= 0.3 is 0 Å². The molecule has 0 aromatic heterocycles. The van der Waals surface area contributed by atoms with Gasteiger partial charge in [-0.2, -0.15) is 0 Å². The first-order valence-corrected chi connectivity index (χ1v) is 3.63. The van der Waals surface area contributed by atoms with Gasteiger partial charge < -0.3 is 0 Å². The summed E-state index contributed by atoms with van der Waals surface area (Å²) >= 11 is 4.98. The summed E-state index contributed by atoms with van der Waals surface area (Å²) in [6, 6.07) is 0. The Morgan fingerprint density at radius 1 is 1.56 bits per heavy atom. The fourth-order valence-electron chi connectivity index (χ4n) is 0.830. The molecule has 0 spiro atoms. The van der Waals surface area contributed by atoms with Crippen molar-refractivity contribution in [1.82, 2.24) is 0 Å². The molecule has 0 unspecified atom stereocenters. The number of thiocarbonyl (C=S) groups is 1. The smallest absolute Gasteiger partial charge is 0.0190 e. The molecule has 0 radical (unpaired) electrons. The fourth-order valence-corrected chi connectivity index (χ4v) is 0.981. The summed E-state index contributed by atoms with van der Waals surface area (Å²) in [5.74, 6) is 0. The summed E-state index contributed by atoms with van der Waals surface area (Å²) < 4.78 is 0. The van der Waals surface area contributed by atoms with Gasteiger partial charge in [0.25, 0.3) is 0 Å². The van der Waals surface area contributed by atoms with E-state index in [1.807, 2.05) is 6.08 Å². The largest absolute Gasteiger partial charge is 0.0846 e. The molecule has 48 valence electrons. The molecule has 0 fully saturated rings. The van der Waals surface area contributed by atoms with E-state index in [0.29, 0.717) is 0 Å². The predicted octanol–water partition coefficient (Wildman–Crippen LogP) is 2.65. The van der Waals surface area contributed by atoms with E-state index in [0.717, 1.165) is 17.7 Å². The van der Waals surface area contributed by atoms with Gasteiger partial charge in [0, 0.05) is 11.3 Å². The Morgan fingerprint density at radius 3 is 2.78 bits per heavy atom. The molecule has 1 rings (SSSR count). The van der Waals surface area contributed by atoms with E-state index in [2.05, 4.69) is 19.1 Å². The molecule has 1 aliphatic carbocycles. The summed E-state index contributed by atoms with van der Waals surface area (Å²) in [6.07, 6.45) is 8.41. The lowest BCUT2D eigenvalue weighted by Crippen LogP contribution is -1.92. The van der Waals surface area contributed by atoms with Gasteiger partial charge in [-0.15, -0.1) is 0 Å². The van der Waals surface area contributed by atoms with Gasteiger partial charge in [0.2, 0.25) is 0 Å². The topological polar surface area (TPSA) is 0 Å². The van der Waals surface area contributed by atoms with E-state index >= 15 is 0 Å². The minimum absolute atomic E-state index is 0.967. The first-order chi connectivity index (χ1) is 4.33. The first kappa shape index (κ1) is 6.69. The molecule has 0 heterocycles. The van der Waals surface area contributed by atoms with Crippen molar-refractivity contribution < 1.29 is 0 Å². The highest BCUT2D eigenvalue weighted by Gasteiger charge is 1.96. The molecular formula is C8H10S. The average Bonchev–Trinajstić information content (AvgIpc) is 1.90. The molecule has 0 atom stereocenters. The molecule has 0 saturated carbocycles. The van der Waals surface area contributed by atoms with Crippen LogP contribution in [0, 0.1) is 0 Å². The van der Waals surface area contributed by atoms with Crippen molar-refractivity contribution in [3.8, 4) is 0 Å². The Kier molecular flexibility index (Phi) is 2.17. The highest BCUT2D eigenvalue weighted by Crippen LogP contribution is 2.10. The van der Waals surface area contributed by atoms with Crippen LogP contribution in [0.2, 0.25) is 0 Å². The number of rotatable bonds is 1. The van der Waals surface area contributed by atoms with Crippen LogP contribution in [-0.2, 0) is 0 Å². The van der Waals surface area contributed by atoms with Crippen LogP contribution < -0.4 is 0 Å². The monoisotopic (exact) mass is 138 g/mol. The second kappa shape index (κ2) is 2.92. The Hall–Kier alpha value is -0.430. The highest BCUT2D eigenvalue weighted by molar-refractivity contribution is 7.80. The van der Waals surface area contributed by atoms with Crippen LogP contribution in [0.5, 0.6) is 0 Å². The van der Waals surface area contributed by atoms with E-state index in [1.165, 1.54) is 5.57 Å². The first-order valence-electron chi connectivity index (χ1n) is 3.23. The Bertz CT molecular complexity index is 175. The maximum absolute atomic E-state index is 4.98. The third-order valence-electron chi connectivity index (χ3n) is 1.46. The minimum Gasteiger partial charge on any atom is -0.0846 e. The van der Waals surface area contributed by atoms with Gasteiger partial charge in [0.05, 0.1) is 0 Å². The summed E-state index contributed by atoms with van der Waals surface area (Å²) in [4.78, 5) is 1.05. The maximum atomic E-state index is 4.98. The molecule has 0 aliphatic heterocycles. The van der Waals surface area contributed by atoms with Crippen molar-refractivity contribution in [3.63, 3.8) is 0 Å². The van der Waals surface area contributed by atoms with Crippen molar-refractivity contribution in [3.05, 3.63) is 23.8 Å². The maximum Gasteiger partial charge on any atom is 0.0190 e. The van der Waals surface area contributed by atoms with Gasteiger partial charge in [0.1, 0.15) is 0 Å². The normalized spacial score (nSPS) is 17.9. The van der Waals surface area contributed by atoms with Crippen LogP contribution in [0.15, 0.2) is 23.8 Å². The van der Waals surface area contributed by atoms with Crippen LogP contribution in [0.4, 0.5) is 0 Å². The lowest BCUT2D eigenvalue weighted by atomic mass is 10.1. The Balaban J connectivity index is 2.63. The third kappa shape index (κ3) is 1.75.